The van der Waals surface area contributed by atoms with E-state index in [9.17, 15) is 13.6 Å². The summed E-state index contributed by atoms with van der Waals surface area (Å²) in [6.45, 7) is 3.90. The lowest BCUT2D eigenvalue weighted by Crippen LogP contribution is -2.14. The number of hydrogen-bond donors (Lipinski definition) is 2. The van der Waals surface area contributed by atoms with E-state index in [4.69, 9.17) is 4.74 Å². The van der Waals surface area contributed by atoms with Gasteiger partial charge in [-0.3, -0.25) is 4.79 Å². The lowest BCUT2D eigenvalue weighted by molar-refractivity contribution is 0.102. The van der Waals surface area contributed by atoms with Crippen LogP contribution in [0.5, 0.6) is 5.75 Å². The van der Waals surface area contributed by atoms with Crippen molar-refractivity contribution in [1.82, 2.24) is 9.97 Å². The number of rotatable bonds is 6. The number of halogens is 2. The molecule has 0 unspecified atom stereocenters. The largest absolute Gasteiger partial charge is 0.491 e. The maximum atomic E-state index is 13.2. The van der Waals surface area contributed by atoms with Gasteiger partial charge in [0.1, 0.15) is 17.3 Å². The van der Waals surface area contributed by atoms with Crippen molar-refractivity contribution in [2.24, 2.45) is 0 Å². The highest BCUT2D eigenvalue weighted by atomic mass is 19.2. The number of amides is 1. The van der Waals surface area contributed by atoms with Crippen LogP contribution in [0.3, 0.4) is 0 Å². The first kappa shape index (κ1) is 19.2. The van der Waals surface area contributed by atoms with E-state index in [1.54, 1.807) is 0 Å². The molecule has 1 aromatic heterocycles. The minimum absolute atomic E-state index is 0.0379. The van der Waals surface area contributed by atoms with E-state index in [1.807, 2.05) is 38.1 Å². The molecule has 1 amide bonds. The van der Waals surface area contributed by atoms with Crippen molar-refractivity contribution in [2.45, 2.75) is 20.0 Å². The Kier molecular flexibility index (Phi) is 5.78. The normalized spacial score (nSPS) is 10.6. The lowest BCUT2D eigenvalue weighted by atomic mass is 10.3. The maximum absolute atomic E-state index is 13.2. The predicted molar refractivity (Wildman–Crippen MR) is 102 cm³/mol. The molecular weight excluding hydrogens is 366 g/mol. The Morgan fingerprint density at radius 1 is 0.964 bits per heavy atom. The second kappa shape index (κ2) is 8.43. The molecule has 2 aromatic carbocycles. The zero-order valence-corrected chi connectivity index (χ0v) is 15.2. The van der Waals surface area contributed by atoms with Crippen LogP contribution in [0.4, 0.5) is 26.0 Å². The molecule has 3 aromatic rings. The smallest absolute Gasteiger partial charge is 0.275 e. The summed E-state index contributed by atoms with van der Waals surface area (Å²) in [6.07, 6.45) is 2.78. The standard InChI is InChI=1S/C20H18F2N4O2/c1-12(2)28-15-6-3-13(4-7-15)25-19-11-23-18(10-24-19)20(27)26-14-5-8-16(21)17(22)9-14/h3-12H,1-2H3,(H,24,25)(H,26,27). The molecule has 28 heavy (non-hydrogen) atoms. The van der Waals surface area contributed by atoms with Crippen molar-refractivity contribution in [3.63, 3.8) is 0 Å². The number of carbonyl (C=O) groups excluding carboxylic acids is 1. The number of anilines is 3. The van der Waals surface area contributed by atoms with Gasteiger partial charge in [0.05, 0.1) is 18.5 Å². The zero-order valence-electron chi connectivity index (χ0n) is 15.2. The Labute approximate surface area is 160 Å². The van der Waals surface area contributed by atoms with E-state index in [-0.39, 0.29) is 17.5 Å². The van der Waals surface area contributed by atoms with Gasteiger partial charge in [-0.1, -0.05) is 0 Å². The monoisotopic (exact) mass is 384 g/mol. The number of hydrogen-bond acceptors (Lipinski definition) is 5. The fourth-order valence-corrected chi connectivity index (χ4v) is 2.32. The number of benzene rings is 2. The van der Waals surface area contributed by atoms with Crippen molar-refractivity contribution in [3.05, 3.63) is 72.2 Å². The van der Waals surface area contributed by atoms with Gasteiger partial charge in [-0.05, 0) is 50.2 Å². The van der Waals surface area contributed by atoms with Gasteiger partial charge in [0, 0.05) is 17.4 Å². The third kappa shape index (κ3) is 5.00. The quantitative estimate of drug-likeness (QED) is 0.653. The summed E-state index contributed by atoms with van der Waals surface area (Å²) in [7, 11) is 0. The first-order valence-electron chi connectivity index (χ1n) is 8.53. The average Bonchev–Trinajstić information content (AvgIpc) is 2.66. The minimum Gasteiger partial charge on any atom is -0.491 e. The Hall–Kier alpha value is -3.55. The van der Waals surface area contributed by atoms with Gasteiger partial charge >= 0.3 is 0 Å². The molecule has 0 spiro atoms. The fraction of sp³-hybridized carbons (Fsp3) is 0.150. The topological polar surface area (TPSA) is 76.1 Å². The highest BCUT2D eigenvalue weighted by Crippen LogP contribution is 2.20. The number of carbonyl (C=O) groups is 1. The molecule has 0 aliphatic rings. The Balaban J connectivity index is 1.62. The molecule has 0 aliphatic heterocycles. The van der Waals surface area contributed by atoms with Crippen LogP contribution in [-0.4, -0.2) is 22.0 Å². The summed E-state index contributed by atoms with van der Waals surface area (Å²) in [5.41, 5.74) is 0.942. The van der Waals surface area contributed by atoms with Gasteiger partial charge < -0.3 is 15.4 Å². The number of nitrogens with zero attached hydrogens (tertiary/aromatic N) is 2. The van der Waals surface area contributed by atoms with Crippen molar-refractivity contribution in [3.8, 4) is 5.75 Å². The van der Waals surface area contributed by atoms with Crippen LogP contribution >= 0.6 is 0 Å². The molecule has 0 aliphatic carbocycles. The first-order chi connectivity index (χ1) is 13.4. The van der Waals surface area contributed by atoms with E-state index < -0.39 is 17.5 Å². The molecule has 3 rings (SSSR count). The molecule has 0 atom stereocenters. The summed E-state index contributed by atoms with van der Waals surface area (Å²) in [6, 6.07) is 10.4. The SMILES string of the molecule is CC(C)Oc1ccc(Nc2cnc(C(=O)Nc3ccc(F)c(F)c3)cn2)cc1. The van der Waals surface area contributed by atoms with E-state index in [1.165, 1.54) is 18.5 Å². The third-order valence-electron chi connectivity index (χ3n) is 3.56. The molecule has 0 bridgehead atoms. The molecule has 0 saturated heterocycles. The molecule has 1 heterocycles. The summed E-state index contributed by atoms with van der Waals surface area (Å²) >= 11 is 0. The van der Waals surface area contributed by atoms with E-state index in [2.05, 4.69) is 20.6 Å². The van der Waals surface area contributed by atoms with E-state index in [0.29, 0.717) is 5.82 Å². The van der Waals surface area contributed by atoms with Crippen LogP contribution in [0.25, 0.3) is 0 Å². The molecule has 2 N–H and O–H groups in total. The van der Waals surface area contributed by atoms with Crippen LogP contribution in [-0.2, 0) is 0 Å². The molecule has 8 heteroatoms. The number of ether oxygens (including phenoxy) is 1. The summed E-state index contributed by atoms with van der Waals surface area (Å²) in [5, 5.41) is 5.50. The molecule has 144 valence electrons. The van der Waals surface area contributed by atoms with Crippen LogP contribution in [0.2, 0.25) is 0 Å². The third-order valence-corrected chi connectivity index (χ3v) is 3.56. The summed E-state index contributed by atoms with van der Waals surface area (Å²) in [5.74, 6) is -1.41. The number of nitrogens with one attached hydrogen (secondary N) is 2. The number of aromatic nitrogens is 2. The molecule has 0 radical (unpaired) electrons. The molecule has 0 fully saturated rings. The van der Waals surface area contributed by atoms with Gasteiger partial charge in [0.15, 0.2) is 11.6 Å². The van der Waals surface area contributed by atoms with E-state index in [0.717, 1.165) is 23.6 Å². The second-order valence-corrected chi connectivity index (χ2v) is 6.19. The molecule has 6 nitrogen and oxygen atoms in total. The Bertz CT molecular complexity index is 961. The minimum atomic E-state index is -1.05. The Morgan fingerprint density at radius 3 is 2.29 bits per heavy atom. The van der Waals surface area contributed by atoms with Crippen LogP contribution in [0.1, 0.15) is 24.3 Å². The highest BCUT2D eigenvalue weighted by molar-refractivity contribution is 6.02. The van der Waals surface area contributed by atoms with Crippen LogP contribution in [0, 0.1) is 11.6 Å². The first-order valence-corrected chi connectivity index (χ1v) is 8.53. The maximum Gasteiger partial charge on any atom is 0.275 e. The van der Waals surface area contributed by atoms with Gasteiger partial charge in [-0.15, -0.1) is 0 Å². The lowest BCUT2D eigenvalue weighted by Gasteiger charge is -2.11. The zero-order chi connectivity index (χ0) is 20.1. The van der Waals surface area contributed by atoms with Crippen molar-refractivity contribution in [1.29, 1.82) is 0 Å². The van der Waals surface area contributed by atoms with Crippen molar-refractivity contribution in [2.75, 3.05) is 10.6 Å². The fourth-order valence-electron chi connectivity index (χ4n) is 2.32. The summed E-state index contributed by atoms with van der Waals surface area (Å²) < 4.78 is 31.7. The average molecular weight is 384 g/mol. The second-order valence-electron chi connectivity index (χ2n) is 6.19. The molecular formula is C20H18F2N4O2. The van der Waals surface area contributed by atoms with Gasteiger partial charge in [-0.25, -0.2) is 18.7 Å². The summed E-state index contributed by atoms with van der Waals surface area (Å²) in [4.78, 5) is 20.3. The highest BCUT2D eigenvalue weighted by Gasteiger charge is 2.10. The van der Waals surface area contributed by atoms with Gasteiger partial charge in [0.2, 0.25) is 0 Å². The Morgan fingerprint density at radius 2 is 1.68 bits per heavy atom. The van der Waals surface area contributed by atoms with Gasteiger partial charge in [0.25, 0.3) is 5.91 Å². The molecule has 0 saturated carbocycles. The van der Waals surface area contributed by atoms with Crippen molar-refractivity contribution < 1.29 is 18.3 Å². The van der Waals surface area contributed by atoms with Crippen molar-refractivity contribution >= 4 is 23.1 Å². The predicted octanol–water partition coefficient (Wildman–Crippen LogP) is 4.54. The van der Waals surface area contributed by atoms with Crippen LogP contribution < -0.4 is 15.4 Å². The van der Waals surface area contributed by atoms with Crippen LogP contribution in [0.15, 0.2) is 54.9 Å². The van der Waals surface area contributed by atoms with Gasteiger partial charge in [-0.2, -0.15) is 0 Å². The van der Waals surface area contributed by atoms with E-state index >= 15 is 0 Å².